The van der Waals surface area contributed by atoms with Crippen LogP contribution in [0.25, 0.3) is 16.9 Å². The SMILES string of the molecule is Cc1ccc(-c2cn3cc(Br)cc(C)c3n2)c(C)c1. The van der Waals surface area contributed by atoms with Crippen LogP contribution in [0.15, 0.2) is 41.1 Å². The summed E-state index contributed by atoms with van der Waals surface area (Å²) in [4.78, 5) is 4.76. The van der Waals surface area contributed by atoms with Gasteiger partial charge in [0, 0.05) is 22.4 Å². The lowest BCUT2D eigenvalue weighted by atomic mass is 10.0. The summed E-state index contributed by atoms with van der Waals surface area (Å²) < 4.78 is 3.15. The van der Waals surface area contributed by atoms with E-state index in [-0.39, 0.29) is 0 Å². The van der Waals surface area contributed by atoms with Crippen molar-refractivity contribution < 1.29 is 0 Å². The number of nitrogens with zero attached hydrogens (tertiary/aromatic N) is 2. The Labute approximate surface area is 121 Å². The Hall–Kier alpha value is -1.61. The van der Waals surface area contributed by atoms with Crippen molar-refractivity contribution in [2.75, 3.05) is 0 Å². The topological polar surface area (TPSA) is 17.3 Å². The van der Waals surface area contributed by atoms with Gasteiger partial charge >= 0.3 is 0 Å². The average molecular weight is 315 g/mol. The molecule has 0 unspecified atom stereocenters. The van der Waals surface area contributed by atoms with Crippen LogP contribution in [0.4, 0.5) is 0 Å². The van der Waals surface area contributed by atoms with Gasteiger partial charge in [-0.05, 0) is 53.9 Å². The average Bonchev–Trinajstić information content (AvgIpc) is 2.72. The van der Waals surface area contributed by atoms with E-state index in [1.807, 2.05) is 6.20 Å². The summed E-state index contributed by atoms with van der Waals surface area (Å²) in [5, 5.41) is 0. The lowest BCUT2D eigenvalue weighted by Crippen LogP contribution is -1.86. The predicted octanol–water partition coefficient (Wildman–Crippen LogP) is 4.69. The summed E-state index contributed by atoms with van der Waals surface area (Å²) >= 11 is 3.52. The van der Waals surface area contributed by atoms with Gasteiger partial charge in [-0.1, -0.05) is 23.8 Å². The molecule has 3 heteroatoms. The first-order valence-corrected chi connectivity index (χ1v) is 7.06. The molecule has 0 amide bonds. The second kappa shape index (κ2) is 4.49. The van der Waals surface area contributed by atoms with Crippen LogP contribution in [0.3, 0.4) is 0 Å². The molecule has 0 aliphatic heterocycles. The molecule has 0 saturated heterocycles. The van der Waals surface area contributed by atoms with Crippen molar-refractivity contribution in [2.24, 2.45) is 0 Å². The van der Waals surface area contributed by atoms with E-state index >= 15 is 0 Å². The number of hydrogen-bond donors (Lipinski definition) is 0. The van der Waals surface area contributed by atoms with Gasteiger partial charge in [-0.3, -0.25) is 0 Å². The van der Waals surface area contributed by atoms with Crippen LogP contribution in [0, 0.1) is 20.8 Å². The van der Waals surface area contributed by atoms with Crippen molar-refractivity contribution >= 4 is 21.6 Å². The Bertz CT molecular complexity index is 772. The molecule has 19 heavy (non-hydrogen) atoms. The molecule has 0 fully saturated rings. The van der Waals surface area contributed by atoms with Crippen molar-refractivity contribution in [3.05, 3.63) is 57.8 Å². The zero-order valence-electron chi connectivity index (χ0n) is 11.2. The van der Waals surface area contributed by atoms with E-state index in [1.54, 1.807) is 0 Å². The molecular formula is C16H15BrN2. The van der Waals surface area contributed by atoms with Crippen LogP contribution < -0.4 is 0 Å². The second-order valence-corrected chi connectivity index (χ2v) is 5.93. The fourth-order valence-corrected chi connectivity index (χ4v) is 3.02. The molecule has 0 saturated carbocycles. The third-order valence-corrected chi connectivity index (χ3v) is 3.79. The predicted molar refractivity (Wildman–Crippen MR) is 82.5 cm³/mol. The third-order valence-electron chi connectivity index (χ3n) is 3.36. The molecule has 3 rings (SSSR count). The third kappa shape index (κ3) is 2.19. The van der Waals surface area contributed by atoms with Crippen molar-refractivity contribution in [2.45, 2.75) is 20.8 Å². The Balaban J connectivity index is 2.23. The maximum atomic E-state index is 4.76. The van der Waals surface area contributed by atoms with Crippen molar-refractivity contribution in [1.82, 2.24) is 9.38 Å². The fourth-order valence-electron chi connectivity index (χ4n) is 2.46. The van der Waals surface area contributed by atoms with Gasteiger partial charge in [0.2, 0.25) is 0 Å². The van der Waals surface area contributed by atoms with Gasteiger partial charge in [-0.15, -0.1) is 0 Å². The number of pyridine rings is 1. The Morgan fingerprint density at radius 2 is 1.79 bits per heavy atom. The van der Waals surface area contributed by atoms with Crippen LogP contribution in [0.5, 0.6) is 0 Å². The van der Waals surface area contributed by atoms with E-state index < -0.39 is 0 Å². The normalized spacial score (nSPS) is 11.2. The summed E-state index contributed by atoms with van der Waals surface area (Å²) in [6.45, 7) is 6.33. The molecule has 0 N–H and O–H groups in total. The first kappa shape index (κ1) is 12.4. The van der Waals surface area contributed by atoms with Gasteiger partial charge in [-0.25, -0.2) is 4.98 Å². The van der Waals surface area contributed by atoms with Crippen LogP contribution >= 0.6 is 15.9 Å². The summed E-state index contributed by atoms with van der Waals surface area (Å²) in [6.07, 6.45) is 4.13. The number of benzene rings is 1. The van der Waals surface area contributed by atoms with E-state index in [0.717, 1.165) is 15.8 Å². The van der Waals surface area contributed by atoms with Crippen LogP contribution in [-0.4, -0.2) is 9.38 Å². The Morgan fingerprint density at radius 3 is 2.53 bits per heavy atom. The molecule has 3 aromatic rings. The van der Waals surface area contributed by atoms with Gasteiger partial charge in [-0.2, -0.15) is 0 Å². The summed E-state index contributed by atoms with van der Waals surface area (Å²) in [5.74, 6) is 0. The molecule has 0 aliphatic rings. The van der Waals surface area contributed by atoms with E-state index in [0.29, 0.717) is 0 Å². The monoisotopic (exact) mass is 314 g/mol. The minimum Gasteiger partial charge on any atom is -0.305 e. The maximum Gasteiger partial charge on any atom is 0.140 e. The van der Waals surface area contributed by atoms with Crippen LogP contribution in [-0.2, 0) is 0 Å². The van der Waals surface area contributed by atoms with Gasteiger partial charge < -0.3 is 4.40 Å². The quantitative estimate of drug-likeness (QED) is 0.637. The molecule has 1 aromatic carbocycles. The first-order chi connectivity index (χ1) is 9.04. The Kier molecular flexibility index (Phi) is 2.94. The fraction of sp³-hybridized carbons (Fsp3) is 0.188. The molecule has 2 nitrogen and oxygen atoms in total. The number of aryl methyl sites for hydroxylation is 3. The van der Waals surface area contributed by atoms with Gasteiger partial charge in [0.1, 0.15) is 5.65 Å². The molecule has 0 atom stereocenters. The van der Waals surface area contributed by atoms with E-state index in [9.17, 15) is 0 Å². The summed E-state index contributed by atoms with van der Waals surface area (Å²) in [6, 6.07) is 8.57. The lowest BCUT2D eigenvalue weighted by Gasteiger charge is -2.02. The van der Waals surface area contributed by atoms with Crippen molar-refractivity contribution in [3.8, 4) is 11.3 Å². The number of hydrogen-bond acceptors (Lipinski definition) is 1. The van der Waals surface area contributed by atoms with Crippen LogP contribution in [0.1, 0.15) is 16.7 Å². The number of halogens is 1. The van der Waals surface area contributed by atoms with Gasteiger partial charge in [0.25, 0.3) is 0 Å². The minimum absolute atomic E-state index is 1.01. The Morgan fingerprint density at radius 1 is 1.00 bits per heavy atom. The zero-order valence-corrected chi connectivity index (χ0v) is 12.8. The van der Waals surface area contributed by atoms with Crippen molar-refractivity contribution in [1.29, 1.82) is 0 Å². The highest BCUT2D eigenvalue weighted by atomic mass is 79.9. The van der Waals surface area contributed by atoms with Gasteiger partial charge in [0.05, 0.1) is 5.69 Å². The first-order valence-electron chi connectivity index (χ1n) is 6.27. The number of rotatable bonds is 1. The second-order valence-electron chi connectivity index (χ2n) is 5.02. The summed E-state index contributed by atoms with van der Waals surface area (Å²) in [7, 11) is 0. The number of imidazole rings is 1. The lowest BCUT2D eigenvalue weighted by molar-refractivity contribution is 1.15. The molecule has 96 valence electrons. The molecule has 0 aliphatic carbocycles. The highest BCUT2D eigenvalue weighted by Gasteiger charge is 2.09. The molecule has 0 radical (unpaired) electrons. The van der Waals surface area contributed by atoms with Crippen molar-refractivity contribution in [3.63, 3.8) is 0 Å². The van der Waals surface area contributed by atoms with E-state index in [2.05, 4.69) is 71.6 Å². The highest BCUT2D eigenvalue weighted by molar-refractivity contribution is 9.10. The van der Waals surface area contributed by atoms with Crippen LogP contribution in [0.2, 0.25) is 0 Å². The largest absolute Gasteiger partial charge is 0.305 e. The van der Waals surface area contributed by atoms with E-state index in [1.165, 1.54) is 22.3 Å². The molecule has 2 heterocycles. The zero-order chi connectivity index (χ0) is 13.6. The molecule has 0 spiro atoms. The molecule has 2 aromatic heterocycles. The maximum absolute atomic E-state index is 4.76. The minimum atomic E-state index is 1.01. The highest BCUT2D eigenvalue weighted by Crippen LogP contribution is 2.26. The number of aromatic nitrogens is 2. The smallest absolute Gasteiger partial charge is 0.140 e. The van der Waals surface area contributed by atoms with Gasteiger partial charge in [0.15, 0.2) is 0 Å². The standard InChI is InChI=1S/C16H15BrN2/c1-10-4-5-14(11(2)6-10)15-9-19-8-13(17)7-12(3)16(19)18-15/h4-9H,1-3H3. The van der Waals surface area contributed by atoms with E-state index in [4.69, 9.17) is 4.98 Å². The molecular weight excluding hydrogens is 300 g/mol. The summed E-state index contributed by atoms with van der Waals surface area (Å²) in [5.41, 5.74) is 6.95. The number of fused-ring (bicyclic) bond motifs is 1. The molecule has 0 bridgehead atoms.